The van der Waals surface area contributed by atoms with Crippen molar-refractivity contribution in [1.82, 2.24) is 5.32 Å². The number of nitrogens with two attached hydrogens (primary N) is 1. The summed E-state index contributed by atoms with van der Waals surface area (Å²) in [5.41, 5.74) is 8.89. The van der Waals surface area contributed by atoms with Crippen molar-refractivity contribution in [3.05, 3.63) is 90.5 Å². The zero-order chi connectivity index (χ0) is 23.0. The predicted molar refractivity (Wildman–Crippen MR) is 129 cm³/mol. The summed E-state index contributed by atoms with van der Waals surface area (Å²) in [4.78, 5) is 12.8. The molecule has 0 aliphatic carbocycles. The Morgan fingerprint density at radius 1 is 0.906 bits per heavy atom. The standard InChI is InChI=1S/C26H30N2O3S/c1-2-23(28-26(29)25(27)18-20-10-5-3-6-11-20)16-17-32(30,31)24-15-9-14-22(19-24)21-12-7-4-8-13-21/h3-15,19,23,25H,2,16-18,27H2,1H3,(H,28,29)/t23-,25-/m0/s1. The molecule has 0 fully saturated rings. The minimum atomic E-state index is -3.48. The highest BCUT2D eigenvalue weighted by Gasteiger charge is 2.21. The monoisotopic (exact) mass is 450 g/mol. The SMILES string of the molecule is CC[C@@H](CCS(=O)(=O)c1cccc(-c2ccccc2)c1)NC(=O)[C@@H](N)Cc1ccccc1. The van der Waals surface area contributed by atoms with Crippen LogP contribution in [0, 0.1) is 0 Å². The predicted octanol–water partition coefficient (Wildman–Crippen LogP) is 3.98. The molecule has 0 saturated carbocycles. The third-order valence-electron chi connectivity index (χ3n) is 5.51. The van der Waals surface area contributed by atoms with Gasteiger partial charge in [0.05, 0.1) is 16.7 Å². The maximum Gasteiger partial charge on any atom is 0.237 e. The highest BCUT2D eigenvalue weighted by Crippen LogP contribution is 2.23. The van der Waals surface area contributed by atoms with Crippen LogP contribution in [-0.2, 0) is 21.1 Å². The van der Waals surface area contributed by atoms with E-state index in [1.54, 1.807) is 18.2 Å². The highest BCUT2D eigenvalue weighted by molar-refractivity contribution is 7.91. The Bertz CT molecular complexity index is 1120. The maximum atomic E-state index is 13.0. The van der Waals surface area contributed by atoms with Gasteiger partial charge in [0.1, 0.15) is 0 Å². The Kier molecular flexibility index (Phi) is 8.20. The number of carbonyl (C=O) groups is 1. The molecule has 0 radical (unpaired) electrons. The van der Waals surface area contributed by atoms with Crippen molar-refractivity contribution in [2.24, 2.45) is 5.73 Å². The van der Waals surface area contributed by atoms with Crippen molar-refractivity contribution in [3.63, 3.8) is 0 Å². The first-order valence-electron chi connectivity index (χ1n) is 10.9. The van der Waals surface area contributed by atoms with Crippen LogP contribution in [-0.4, -0.2) is 32.2 Å². The van der Waals surface area contributed by atoms with E-state index in [0.29, 0.717) is 24.2 Å². The van der Waals surface area contributed by atoms with E-state index in [-0.39, 0.29) is 17.7 Å². The number of hydrogen-bond donors (Lipinski definition) is 2. The first kappa shape index (κ1) is 23.7. The lowest BCUT2D eigenvalue weighted by atomic mass is 10.1. The second-order valence-corrected chi connectivity index (χ2v) is 10.0. The molecule has 1 amide bonds. The molecule has 0 aliphatic heterocycles. The summed E-state index contributed by atoms with van der Waals surface area (Å²) in [6, 6.07) is 25.3. The van der Waals surface area contributed by atoms with Gasteiger partial charge in [-0.05, 0) is 48.1 Å². The summed E-state index contributed by atoms with van der Waals surface area (Å²) >= 11 is 0. The van der Waals surface area contributed by atoms with Gasteiger partial charge in [-0.25, -0.2) is 8.42 Å². The molecule has 0 aliphatic rings. The van der Waals surface area contributed by atoms with Gasteiger partial charge in [-0.1, -0.05) is 79.7 Å². The Hall–Kier alpha value is -2.96. The van der Waals surface area contributed by atoms with E-state index in [4.69, 9.17) is 5.73 Å². The van der Waals surface area contributed by atoms with E-state index >= 15 is 0 Å². The lowest BCUT2D eigenvalue weighted by Crippen LogP contribution is -2.46. The van der Waals surface area contributed by atoms with Crippen LogP contribution in [0.4, 0.5) is 0 Å². The minimum absolute atomic E-state index is 0.0437. The van der Waals surface area contributed by atoms with Gasteiger partial charge in [0, 0.05) is 6.04 Å². The molecule has 0 bridgehead atoms. The van der Waals surface area contributed by atoms with Crippen LogP contribution in [0.25, 0.3) is 11.1 Å². The van der Waals surface area contributed by atoms with Crippen LogP contribution in [0.2, 0.25) is 0 Å². The van der Waals surface area contributed by atoms with Crippen molar-refractivity contribution in [3.8, 4) is 11.1 Å². The first-order valence-corrected chi connectivity index (χ1v) is 12.5. The second kappa shape index (κ2) is 11.1. The molecule has 3 aromatic carbocycles. The molecule has 0 heterocycles. The van der Waals surface area contributed by atoms with E-state index in [1.807, 2.05) is 73.7 Å². The van der Waals surface area contributed by atoms with Gasteiger partial charge in [-0.3, -0.25) is 4.79 Å². The van der Waals surface area contributed by atoms with Gasteiger partial charge in [-0.15, -0.1) is 0 Å². The van der Waals surface area contributed by atoms with Gasteiger partial charge in [0.2, 0.25) is 5.91 Å². The lowest BCUT2D eigenvalue weighted by Gasteiger charge is -2.20. The average molecular weight is 451 g/mol. The van der Waals surface area contributed by atoms with Gasteiger partial charge < -0.3 is 11.1 Å². The molecule has 32 heavy (non-hydrogen) atoms. The Labute approximate surface area is 190 Å². The fourth-order valence-electron chi connectivity index (χ4n) is 3.56. The number of sulfone groups is 1. The van der Waals surface area contributed by atoms with Crippen LogP contribution >= 0.6 is 0 Å². The van der Waals surface area contributed by atoms with Crippen LogP contribution in [0.15, 0.2) is 89.8 Å². The Morgan fingerprint density at radius 2 is 1.53 bits per heavy atom. The molecule has 0 unspecified atom stereocenters. The highest BCUT2D eigenvalue weighted by atomic mass is 32.2. The second-order valence-electron chi connectivity index (χ2n) is 7.91. The minimum Gasteiger partial charge on any atom is -0.352 e. The number of carbonyl (C=O) groups excluding carboxylic acids is 1. The van der Waals surface area contributed by atoms with Gasteiger partial charge in [0.25, 0.3) is 0 Å². The van der Waals surface area contributed by atoms with Crippen LogP contribution in [0.3, 0.4) is 0 Å². The number of benzene rings is 3. The fraction of sp³-hybridized carbons (Fsp3) is 0.269. The quantitative estimate of drug-likeness (QED) is 0.489. The van der Waals surface area contributed by atoms with E-state index in [1.165, 1.54) is 0 Å². The van der Waals surface area contributed by atoms with Crippen molar-refractivity contribution >= 4 is 15.7 Å². The van der Waals surface area contributed by atoms with Gasteiger partial charge in [-0.2, -0.15) is 0 Å². The molecule has 3 rings (SSSR count). The molecule has 0 aromatic heterocycles. The third-order valence-corrected chi connectivity index (χ3v) is 7.26. The normalized spacial score (nSPS) is 13.3. The summed E-state index contributed by atoms with van der Waals surface area (Å²) in [6.45, 7) is 1.93. The van der Waals surface area contributed by atoms with Gasteiger partial charge >= 0.3 is 0 Å². The van der Waals surface area contributed by atoms with Crippen LogP contribution in [0.5, 0.6) is 0 Å². The number of nitrogens with one attached hydrogen (secondary N) is 1. The van der Waals surface area contributed by atoms with E-state index < -0.39 is 15.9 Å². The molecular weight excluding hydrogens is 420 g/mol. The molecular formula is C26H30N2O3S. The fourth-order valence-corrected chi connectivity index (χ4v) is 4.99. The maximum absolute atomic E-state index is 13.0. The summed E-state index contributed by atoms with van der Waals surface area (Å²) in [5.74, 6) is -0.304. The molecule has 168 valence electrons. The molecule has 6 heteroatoms. The largest absolute Gasteiger partial charge is 0.352 e. The molecule has 0 saturated heterocycles. The van der Waals surface area contributed by atoms with Crippen molar-refractivity contribution in [2.75, 3.05) is 5.75 Å². The smallest absolute Gasteiger partial charge is 0.237 e. The topological polar surface area (TPSA) is 89.3 Å². The summed E-state index contributed by atoms with van der Waals surface area (Å²) < 4.78 is 25.9. The number of rotatable bonds is 10. The molecule has 3 N–H and O–H groups in total. The van der Waals surface area contributed by atoms with Crippen LogP contribution < -0.4 is 11.1 Å². The Balaban J connectivity index is 1.60. The third kappa shape index (κ3) is 6.52. The molecule has 0 spiro atoms. The van der Waals surface area contributed by atoms with Crippen molar-refractivity contribution in [2.45, 2.75) is 43.2 Å². The molecule has 5 nitrogen and oxygen atoms in total. The molecule has 2 atom stereocenters. The zero-order valence-corrected chi connectivity index (χ0v) is 19.1. The van der Waals surface area contributed by atoms with E-state index in [2.05, 4.69) is 5.32 Å². The zero-order valence-electron chi connectivity index (χ0n) is 18.3. The Morgan fingerprint density at radius 3 is 2.19 bits per heavy atom. The van der Waals surface area contributed by atoms with Gasteiger partial charge in [0.15, 0.2) is 9.84 Å². The van der Waals surface area contributed by atoms with Crippen LogP contribution in [0.1, 0.15) is 25.3 Å². The number of amides is 1. The number of hydrogen-bond acceptors (Lipinski definition) is 4. The lowest BCUT2D eigenvalue weighted by molar-refractivity contribution is -0.123. The van der Waals surface area contributed by atoms with Crippen molar-refractivity contribution in [1.29, 1.82) is 0 Å². The summed E-state index contributed by atoms with van der Waals surface area (Å²) in [5, 5.41) is 2.92. The van der Waals surface area contributed by atoms with Crippen molar-refractivity contribution < 1.29 is 13.2 Å². The van der Waals surface area contributed by atoms with E-state index in [0.717, 1.165) is 16.7 Å². The summed E-state index contributed by atoms with van der Waals surface area (Å²) in [7, 11) is -3.48. The summed E-state index contributed by atoms with van der Waals surface area (Å²) in [6.07, 6.45) is 1.40. The average Bonchev–Trinajstić information content (AvgIpc) is 2.83. The first-order chi connectivity index (χ1) is 15.4. The molecule has 3 aromatic rings. The van der Waals surface area contributed by atoms with E-state index in [9.17, 15) is 13.2 Å².